The van der Waals surface area contributed by atoms with Crippen LogP contribution in [0.1, 0.15) is 24.3 Å². The molecule has 1 saturated heterocycles. The number of carbonyl (C=O) groups excluding carboxylic acids is 1. The zero-order valence-corrected chi connectivity index (χ0v) is 14.0. The Morgan fingerprint density at radius 3 is 2.37 bits per heavy atom. The predicted octanol–water partition coefficient (Wildman–Crippen LogP) is 2.51. The Hall–Kier alpha value is -0.360. The van der Waals surface area contributed by atoms with E-state index in [1.165, 1.54) is 0 Å². The van der Waals surface area contributed by atoms with Crippen LogP contribution in [0.2, 0.25) is 0 Å². The molecule has 1 aliphatic rings. The van der Waals surface area contributed by atoms with E-state index in [9.17, 15) is 4.79 Å². The van der Waals surface area contributed by atoms with Gasteiger partial charge in [0.2, 0.25) is 0 Å². The minimum atomic E-state index is 0. The summed E-state index contributed by atoms with van der Waals surface area (Å²) in [5, 5.41) is 3.40. The van der Waals surface area contributed by atoms with E-state index in [1.54, 1.807) is 12.3 Å². The molecule has 1 fully saturated rings. The molecule has 108 valence electrons. The second-order valence-corrected chi connectivity index (χ2v) is 5.46. The molecule has 0 saturated carbocycles. The summed E-state index contributed by atoms with van der Waals surface area (Å²) in [7, 11) is 0. The van der Waals surface area contributed by atoms with Gasteiger partial charge >= 0.3 is 0 Å². The monoisotopic (exact) mass is 369 g/mol. The second-order valence-electron chi connectivity index (χ2n) is 4.54. The molecule has 2 rings (SSSR count). The topological polar surface area (TPSA) is 45.2 Å². The molecule has 2 atom stereocenters. The number of halogens is 3. The SMILES string of the molecule is CC1CN(C(=O)c2ccc(Br)cn2)CC(C)N1.Cl.Cl. The van der Waals surface area contributed by atoms with Gasteiger partial charge in [0.1, 0.15) is 5.69 Å². The van der Waals surface area contributed by atoms with Gasteiger partial charge < -0.3 is 10.2 Å². The molecule has 1 aromatic heterocycles. The number of amides is 1. The Kier molecular flexibility index (Phi) is 7.89. The summed E-state index contributed by atoms with van der Waals surface area (Å²) >= 11 is 3.31. The Morgan fingerprint density at radius 1 is 1.32 bits per heavy atom. The third kappa shape index (κ3) is 4.91. The fraction of sp³-hybridized carbons (Fsp3) is 0.500. The fourth-order valence-electron chi connectivity index (χ4n) is 2.16. The van der Waals surface area contributed by atoms with Crippen molar-refractivity contribution >= 4 is 46.7 Å². The van der Waals surface area contributed by atoms with Crippen LogP contribution >= 0.6 is 40.7 Å². The second kappa shape index (κ2) is 8.04. The van der Waals surface area contributed by atoms with E-state index >= 15 is 0 Å². The van der Waals surface area contributed by atoms with Crippen molar-refractivity contribution in [2.24, 2.45) is 0 Å². The predicted molar refractivity (Wildman–Crippen MR) is 84.4 cm³/mol. The van der Waals surface area contributed by atoms with Gasteiger partial charge in [-0.25, -0.2) is 4.98 Å². The van der Waals surface area contributed by atoms with Crippen LogP contribution in [0.5, 0.6) is 0 Å². The van der Waals surface area contributed by atoms with Crippen molar-refractivity contribution in [3.8, 4) is 0 Å². The van der Waals surface area contributed by atoms with E-state index in [2.05, 4.69) is 40.1 Å². The van der Waals surface area contributed by atoms with E-state index in [0.717, 1.165) is 17.6 Å². The maximum atomic E-state index is 12.2. The van der Waals surface area contributed by atoms with Crippen LogP contribution in [0, 0.1) is 0 Å². The highest BCUT2D eigenvalue weighted by atomic mass is 79.9. The van der Waals surface area contributed by atoms with Crippen molar-refractivity contribution in [1.82, 2.24) is 15.2 Å². The van der Waals surface area contributed by atoms with Crippen LogP contribution in [0.15, 0.2) is 22.8 Å². The standard InChI is InChI=1S/C12H16BrN3O.2ClH/c1-8-6-16(7-9(2)15-8)12(17)11-4-3-10(13)5-14-11;;/h3-5,8-9,15H,6-7H2,1-2H3;2*1H. The summed E-state index contributed by atoms with van der Waals surface area (Å²) in [6, 6.07) is 4.26. The van der Waals surface area contributed by atoms with Crippen LogP contribution in [-0.2, 0) is 0 Å². The molecule has 0 aliphatic carbocycles. The Balaban J connectivity index is 0.00000162. The minimum absolute atomic E-state index is 0. The van der Waals surface area contributed by atoms with Gasteiger partial charge in [0.05, 0.1) is 0 Å². The van der Waals surface area contributed by atoms with Crippen molar-refractivity contribution in [3.05, 3.63) is 28.5 Å². The van der Waals surface area contributed by atoms with Crippen molar-refractivity contribution in [1.29, 1.82) is 0 Å². The smallest absolute Gasteiger partial charge is 0.272 e. The van der Waals surface area contributed by atoms with Crippen LogP contribution in [0.25, 0.3) is 0 Å². The highest BCUT2D eigenvalue weighted by Crippen LogP contribution is 2.11. The average molecular weight is 371 g/mol. The normalized spacial score (nSPS) is 22.2. The molecule has 0 spiro atoms. The third-order valence-corrected chi connectivity index (χ3v) is 3.26. The van der Waals surface area contributed by atoms with Crippen LogP contribution in [0.3, 0.4) is 0 Å². The lowest BCUT2D eigenvalue weighted by Gasteiger charge is -2.35. The van der Waals surface area contributed by atoms with Crippen LogP contribution in [0.4, 0.5) is 0 Å². The molecule has 1 N–H and O–H groups in total. The van der Waals surface area contributed by atoms with Gasteiger partial charge in [-0.2, -0.15) is 0 Å². The quantitative estimate of drug-likeness (QED) is 0.826. The van der Waals surface area contributed by atoms with E-state index in [-0.39, 0.29) is 30.7 Å². The first-order valence-electron chi connectivity index (χ1n) is 5.73. The van der Waals surface area contributed by atoms with Gasteiger partial charge in [-0.1, -0.05) is 0 Å². The van der Waals surface area contributed by atoms with E-state index in [4.69, 9.17) is 0 Å². The first-order valence-corrected chi connectivity index (χ1v) is 6.52. The summed E-state index contributed by atoms with van der Waals surface area (Å²) in [5.41, 5.74) is 0.509. The number of hydrogen-bond donors (Lipinski definition) is 1. The number of rotatable bonds is 1. The van der Waals surface area contributed by atoms with Crippen molar-refractivity contribution < 1.29 is 4.79 Å². The Morgan fingerprint density at radius 2 is 1.89 bits per heavy atom. The first kappa shape index (κ1) is 18.6. The van der Waals surface area contributed by atoms with Gasteiger partial charge in [-0.15, -0.1) is 24.8 Å². The van der Waals surface area contributed by atoms with E-state index < -0.39 is 0 Å². The summed E-state index contributed by atoms with van der Waals surface area (Å²) in [4.78, 5) is 18.2. The maximum absolute atomic E-state index is 12.2. The molecule has 2 heterocycles. The first-order chi connectivity index (χ1) is 8.06. The molecule has 0 aromatic carbocycles. The number of piperazine rings is 1. The van der Waals surface area contributed by atoms with Gasteiger partial charge in [0.25, 0.3) is 5.91 Å². The summed E-state index contributed by atoms with van der Waals surface area (Å²) in [6.07, 6.45) is 1.66. The number of carbonyl (C=O) groups is 1. The zero-order valence-electron chi connectivity index (χ0n) is 10.8. The number of pyridine rings is 1. The van der Waals surface area contributed by atoms with E-state index in [0.29, 0.717) is 17.8 Å². The molecule has 1 aliphatic heterocycles. The van der Waals surface area contributed by atoms with Crippen LogP contribution in [-0.4, -0.2) is 41.0 Å². The van der Waals surface area contributed by atoms with Gasteiger partial charge in [-0.3, -0.25) is 4.79 Å². The number of nitrogens with one attached hydrogen (secondary N) is 1. The zero-order chi connectivity index (χ0) is 12.4. The van der Waals surface area contributed by atoms with Crippen molar-refractivity contribution in [3.63, 3.8) is 0 Å². The van der Waals surface area contributed by atoms with Crippen molar-refractivity contribution in [2.75, 3.05) is 13.1 Å². The lowest BCUT2D eigenvalue weighted by Crippen LogP contribution is -2.55. The minimum Gasteiger partial charge on any atom is -0.334 e. The Bertz CT molecular complexity index is 406. The lowest BCUT2D eigenvalue weighted by atomic mass is 10.1. The largest absolute Gasteiger partial charge is 0.334 e. The van der Waals surface area contributed by atoms with Gasteiger partial charge in [-0.05, 0) is 41.9 Å². The highest BCUT2D eigenvalue weighted by Gasteiger charge is 2.25. The number of nitrogens with zero attached hydrogens (tertiary/aromatic N) is 2. The molecule has 2 unspecified atom stereocenters. The molecule has 1 aromatic rings. The number of hydrogen-bond acceptors (Lipinski definition) is 3. The number of aromatic nitrogens is 1. The molecule has 19 heavy (non-hydrogen) atoms. The Labute approximate surface area is 134 Å². The third-order valence-electron chi connectivity index (χ3n) is 2.79. The maximum Gasteiger partial charge on any atom is 0.272 e. The van der Waals surface area contributed by atoms with Crippen molar-refractivity contribution in [2.45, 2.75) is 25.9 Å². The summed E-state index contributed by atoms with van der Waals surface area (Å²) < 4.78 is 0.885. The molecule has 0 radical (unpaired) electrons. The molecule has 1 amide bonds. The van der Waals surface area contributed by atoms with Gasteiger partial charge in [0, 0.05) is 35.8 Å². The molecule has 7 heteroatoms. The lowest BCUT2D eigenvalue weighted by molar-refractivity contribution is 0.0668. The average Bonchev–Trinajstić information content (AvgIpc) is 2.28. The molecule has 0 bridgehead atoms. The van der Waals surface area contributed by atoms with Crippen LogP contribution < -0.4 is 5.32 Å². The van der Waals surface area contributed by atoms with Gasteiger partial charge in [0.15, 0.2) is 0 Å². The fourth-order valence-corrected chi connectivity index (χ4v) is 2.39. The molecular formula is C12H18BrCl2N3O. The van der Waals surface area contributed by atoms with E-state index in [1.807, 2.05) is 11.0 Å². The molecule has 4 nitrogen and oxygen atoms in total. The highest BCUT2D eigenvalue weighted by molar-refractivity contribution is 9.10. The summed E-state index contributed by atoms with van der Waals surface area (Å²) in [5.74, 6) is 0.0118. The molecular weight excluding hydrogens is 353 g/mol. The summed E-state index contributed by atoms with van der Waals surface area (Å²) in [6.45, 7) is 5.65.